The van der Waals surface area contributed by atoms with Crippen molar-refractivity contribution in [3.8, 4) is 0 Å². The second-order valence-electron chi connectivity index (χ2n) is 6.69. The average Bonchev–Trinajstić information content (AvgIpc) is 3.33. The highest BCUT2D eigenvalue weighted by atomic mass is 16.6. The van der Waals surface area contributed by atoms with Gasteiger partial charge in [-0.3, -0.25) is 4.90 Å². The molecule has 2 fully saturated rings. The summed E-state index contributed by atoms with van der Waals surface area (Å²) in [6.07, 6.45) is 2.89. The topological polar surface area (TPSA) is 125 Å². The van der Waals surface area contributed by atoms with Gasteiger partial charge in [-0.1, -0.05) is 12.0 Å². The Hall–Kier alpha value is -1.50. The van der Waals surface area contributed by atoms with Crippen molar-refractivity contribution in [2.24, 2.45) is 16.8 Å². The highest BCUT2D eigenvalue weighted by Crippen LogP contribution is 2.42. The van der Waals surface area contributed by atoms with Crippen LogP contribution in [0.1, 0.15) is 46.0 Å². The van der Waals surface area contributed by atoms with E-state index in [1.807, 2.05) is 6.92 Å². The molecule has 0 radical (unpaired) electrons. The van der Waals surface area contributed by atoms with E-state index in [1.54, 1.807) is 11.8 Å². The van der Waals surface area contributed by atoms with Crippen LogP contribution in [0.4, 0.5) is 4.79 Å². The van der Waals surface area contributed by atoms with Gasteiger partial charge in [0.2, 0.25) is 0 Å². The number of cyclic esters (lactones) is 1. The minimum absolute atomic E-state index is 0.190. The fraction of sp³-hybridized carbons (Fsp3) is 0.933. The predicted molar refractivity (Wildman–Crippen MR) is 85.6 cm³/mol. The van der Waals surface area contributed by atoms with E-state index in [-0.39, 0.29) is 12.1 Å². The molecule has 0 aromatic heterocycles. The van der Waals surface area contributed by atoms with Crippen molar-refractivity contribution in [3.05, 3.63) is 10.4 Å². The van der Waals surface area contributed by atoms with Gasteiger partial charge in [0, 0.05) is 24.0 Å². The largest absolute Gasteiger partial charge is 0.438 e. The first-order chi connectivity index (χ1) is 11.0. The highest BCUT2D eigenvalue weighted by Gasteiger charge is 2.58. The molecule has 4 atom stereocenters. The smallest absolute Gasteiger partial charge is 0.410 e. The zero-order valence-electron chi connectivity index (χ0n) is 13.9. The number of carbonyl (C=O) groups is 1. The second kappa shape index (κ2) is 7.38. The van der Waals surface area contributed by atoms with Gasteiger partial charge in [0.15, 0.2) is 5.60 Å². The van der Waals surface area contributed by atoms with Crippen molar-refractivity contribution in [2.45, 2.75) is 69.7 Å². The van der Waals surface area contributed by atoms with Crippen molar-refractivity contribution >= 4 is 6.09 Å². The lowest BCUT2D eigenvalue weighted by Gasteiger charge is -2.38. The molecule has 3 N–H and O–H groups in total. The molecule has 2 rings (SSSR count). The average molecular weight is 325 g/mol. The van der Waals surface area contributed by atoms with Crippen LogP contribution in [0.2, 0.25) is 0 Å². The lowest BCUT2D eigenvalue weighted by molar-refractivity contribution is -0.0667. The minimum Gasteiger partial charge on any atom is -0.438 e. The molecule has 8 heteroatoms. The number of nitrogens with zero attached hydrogens (tertiary/aromatic N) is 4. The standard InChI is InChI=1S/C15H27N5O3/c1-3-11(21)15(2)13(12(16)10-6-7-10)20(14(22)23-15)9-5-4-8-18-19-17/h10-13,21H,3-9,16H2,1-2H3/t11?,12-,13-,15-/m1/s1. The van der Waals surface area contributed by atoms with E-state index in [4.69, 9.17) is 16.0 Å². The molecule has 1 heterocycles. The van der Waals surface area contributed by atoms with Gasteiger partial charge in [-0.15, -0.1) is 0 Å². The summed E-state index contributed by atoms with van der Waals surface area (Å²) >= 11 is 0. The Balaban J connectivity index is 2.10. The maximum atomic E-state index is 12.3. The fourth-order valence-electron chi connectivity index (χ4n) is 3.47. The molecule has 2 aliphatic rings. The van der Waals surface area contributed by atoms with Crippen LogP contribution >= 0.6 is 0 Å². The summed E-state index contributed by atoms with van der Waals surface area (Å²) in [7, 11) is 0. The van der Waals surface area contributed by atoms with Gasteiger partial charge >= 0.3 is 6.09 Å². The normalized spacial score (nSPS) is 29.8. The van der Waals surface area contributed by atoms with Gasteiger partial charge in [0.1, 0.15) is 0 Å². The fourth-order valence-corrected chi connectivity index (χ4v) is 3.47. The van der Waals surface area contributed by atoms with Crippen molar-refractivity contribution in [1.82, 2.24) is 4.90 Å². The zero-order chi connectivity index (χ0) is 17.0. The van der Waals surface area contributed by atoms with E-state index in [0.717, 1.165) is 12.8 Å². The summed E-state index contributed by atoms with van der Waals surface area (Å²) in [5.74, 6) is 0.392. The van der Waals surface area contributed by atoms with Crippen molar-refractivity contribution in [1.29, 1.82) is 0 Å². The van der Waals surface area contributed by atoms with Gasteiger partial charge in [-0.2, -0.15) is 0 Å². The Kier molecular flexibility index (Phi) is 5.73. The number of aliphatic hydroxyl groups excluding tert-OH is 1. The first-order valence-electron chi connectivity index (χ1n) is 8.39. The van der Waals surface area contributed by atoms with Crippen LogP contribution in [-0.2, 0) is 4.74 Å². The molecule has 1 saturated heterocycles. The molecule has 0 spiro atoms. The summed E-state index contributed by atoms with van der Waals surface area (Å²) in [5.41, 5.74) is 13.7. The molecule has 1 saturated carbocycles. The lowest BCUT2D eigenvalue weighted by Crippen LogP contribution is -2.60. The molecule has 1 aliphatic heterocycles. The molecule has 130 valence electrons. The predicted octanol–water partition coefficient (Wildman–Crippen LogP) is 2.16. The summed E-state index contributed by atoms with van der Waals surface area (Å²) in [6.45, 7) is 4.56. The number of amides is 1. The molecule has 0 aromatic rings. The van der Waals surface area contributed by atoms with E-state index < -0.39 is 17.8 Å². The number of unbranched alkanes of at least 4 members (excludes halogenated alkanes) is 1. The van der Waals surface area contributed by atoms with E-state index in [2.05, 4.69) is 10.0 Å². The Bertz CT molecular complexity index is 478. The summed E-state index contributed by atoms with van der Waals surface area (Å²) in [6, 6.07) is -0.512. The van der Waals surface area contributed by atoms with Crippen LogP contribution in [0.15, 0.2) is 5.11 Å². The van der Waals surface area contributed by atoms with Gasteiger partial charge in [0.05, 0.1) is 12.1 Å². The van der Waals surface area contributed by atoms with Gasteiger partial charge in [-0.25, -0.2) is 4.79 Å². The molecular formula is C15H27N5O3. The number of hydrogen-bond donors (Lipinski definition) is 2. The van der Waals surface area contributed by atoms with Crippen LogP contribution in [0.5, 0.6) is 0 Å². The van der Waals surface area contributed by atoms with E-state index in [9.17, 15) is 9.90 Å². The molecular weight excluding hydrogens is 298 g/mol. The molecule has 8 nitrogen and oxygen atoms in total. The number of azide groups is 1. The third kappa shape index (κ3) is 3.71. The van der Waals surface area contributed by atoms with Crippen molar-refractivity contribution in [3.63, 3.8) is 0 Å². The van der Waals surface area contributed by atoms with Crippen LogP contribution in [0.3, 0.4) is 0 Å². The second-order valence-corrected chi connectivity index (χ2v) is 6.69. The maximum Gasteiger partial charge on any atom is 0.410 e. The molecule has 1 amide bonds. The molecule has 1 aliphatic carbocycles. The minimum atomic E-state index is -0.974. The monoisotopic (exact) mass is 325 g/mol. The summed E-state index contributed by atoms with van der Waals surface area (Å²) in [4.78, 5) is 16.7. The van der Waals surface area contributed by atoms with E-state index in [0.29, 0.717) is 38.3 Å². The first kappa shape index (κ1) is 17.8. The lowest BCUT2D eigenvalue weighted by atomic mass is 9.82. The van der Waals surface area contributed by atoms with Crippen LogP contribution in [0, 0.1) is 5.92 Å². The SMILES string of the molecule is CCC(O)[C@@]1(C)OC(=O)N(CCCCN=[N+]=[N-])[C@@H]1[C@H](N)C1CC1. The quantitative estimate of drug-likeness (QED) is 0.291. The first-order valence-corrected chi connectivity index (χ1v) is 8.39. The van der Waals surface area contributed by atoms with Crippen LogP contribution < -0.4 is 5.73 Å². The molecule has 1 unspecified atom stereocenters. The number of ether oxygens (including phenoxy) is 1. The van der Waals surface area contributed by atoms with Gasteiger partial charge < -0.3 is 15.6 Å². The maximum absolute atomic E-state index is 12.3. The number of rotatable bonds is 9. The van der Waals surface area contributed by atoms with Crippen molar-refractivity contribution in [2.75, 3.05) is 13.1 Å². The van der Waals surface area contributed by atoms with Crippen molar-refractivity contribution < 1.29 is 14.6 Å². The summed E-state index contributed by atoms with van der Waals surface area (Å²) in [5, 5.41) is 13.9. The third-order valence-corrected chi connectivity index (χ3v) is 5.01. The van der Waals surface area contributed by atoms with E-state index >= 15 is 0 Å². The number of hydrogen-bond acceptors (Lipinski definition) is 5. The molecule has 23 heavy (non-hydrogen) atoms. The number of nitrogens with two attached hydrogens (primary N) is 1. The van der Waals surface area contributed by atoms with Gasteiger partial charge in [0.25, 0.3) is 0 Å². The van der Waals surface area contributed by atoms with Gasteiger partial charge in [-0.05, 0) is 50.5 Å². The summed E-state index contributed by atoms with van der Waals surface area (Å²) < 4.78 is 5.58. The van der Waals surface area contributed by atoms with Crippen LogP contribution in [-0.4, -0.2) is 53.0 Å². The molecule has 0 aromatic carbocycles. The Morgan fingerprint density at radius 3 is 2.83 bits per heavy atom. The third-order valence-electron chi connectivity index (χ3n) is 5.01. The highest BCUT2D eigenvalue weighted by molar-refractivity contribution is 5.72. The number of aliphatic hydroxyl groups is 1. The van der Waals surface area contributed by atoms with E-state index in [1.165, 1.54) is 0 Å². The Morgan fingerprint density at radius 1 is 1.57 bits per heavy atom. The zero-order valence-corrected chi connectivity index (χ0v) is 13.9. The molecule has 0 bridgehead atoms. The Labute approximate surface area is 136 Å². The van der Waals surface area contributed by atoms with Crippen LogP contribution in [0.25, 0.3) is 10.4 Å². The number of carbonyl (C=O) groups excluding carboxylic acids is 1. The Morgan fingerprint density at radius 2 is 2.26 bits per heavy atom.